The number of hydrogen-bond donors (Lipinski definition) is 2. The number of amides is 1. The topological polar surface area (TPSA) is 75.3 Å². The number of sulfonamides is 1. The summed E-state index contributed by atoms with van der Waals surface area (Å²) in [5.41, 5.74) is 0.617. The predicted octanol–water partition coefficient (Wildman–Crippen LogP) is 1.06. The number of carbonyl (C=O) groups is 1. The van der Waals surface area contributed by atoms with E-state index in [-0.39, 0.29) is 23.9 Å². The Balaban J connectivity index is 2.74. The van der Waals surface area contributed by atoms with Gasteiger partial charge in [-0.1, -0.05) is 17.7 Å². The van der Waals surface area contributed by atoms with Crippen LogP contribution in [0.3, 0.4) is 0 Å². The average Bonchev–Trinajstić information content (AvgIpc) is 2.27. The largest absolute Gasteiger partial charge is 0.355 e. The van der Waals surface area contributed by atoms with Crippen molar-refractivity contribution >= 4 is 27.5 Å². The standard InChI is InChI=1S/C11H15ClN2O3S/c1-8-3-4-10(12)7-11(8)18(16,17)14-6-5-13-9(2)15/h3-4,7,14H,5-6H2,1-2H3,(H,13,15). The molecule has 0 aliphatic heterocycles. The zero-order valence-electron chi connectivity index (χ0n) is 10.2. The molecule has 0 aromatic heterocycles. The van der Waals surface area contributed by atoms with Gasteiger partial charge in [-0.2, -0.15) is 0 Å². The van der Waals surface area contributed by atoms with Gasteiger partial charge >= 0.3 is 0 Å². The Labute approximate surface area is 112 Å². The van der Waals surface area contributed by atoms with Gasteiger partial charge in [0.15, 0.2) is 0 Å². The van der Waals surface area contributed by atoms with Gasteiger partial charge in [-0.25, -0.2) is 13.1 Å². The maximum Gasteiger partial charge on any atom is 0.240 e. The van der Waals surface area contributed by atoms with E-state index in [0.717, 1.165) is 0 Å². The van der Waals surface area contributed by atoms with Crippen molar-refractivity contribution in [3.8, 4) is 0 Å². The Kier molecular flexibility index (Phi) is 5.13. The van der Waals surface area contributed by atoms with Crippen molar-refractivity contribution in [2.24, 2.45) is 0 Å². The molecular weight excluding hydrogens is 276 g/mol. The minimum atomic E-state index is -3.60. The smallest absolute Gasteiger partial charge is 0.240 e. The van der Waals surface area contributed by atoms with Crippen molar-refractivity contribution in [2.45, 2.75) is 18.7 Å². The van der Waals surface area contributed by atoms with Crippen LogP contribution in [0.4, 0.5) is 0 Å². The fraction of sp³-hybridized carbons (Fsp3) is 0.364. The zero-order chi connectivity index (χ0) is 13.8. The normalized spacial score (nSPS) is 11.3. The molecule has 0 fully saturated rings. The first kappa shape index (κ1) is 14.9. The van der Waals surface area contributed by atoms with Crippen molar-refractivity contribution in [3.05, 3.63) is 28.8 Å². The lowest BCUT2D eigenvalue weighted by molar-refractivity contribution is -0.118. The number of nitrogens with one attached hydrogen (secondary N) is 2. The molecule has 0 atom stereocenters. The van der Waals surface area contributed by atoms with Crippen LogP contribution in [0.15, 0.2) is 23.1 Å². The fourth-order valence-electron chi connectivity index (χ4n) is 1.37. The zero-order valence-corrected chi connectivity index (χ0v) is 11.7. The third-order valence-corrected chi connectivity index (χ3v) is 4.07. The molecule has 0 unspecified atom stereocenters. The van der Waals surface area contributed by atoms with E-state index in [4.69, 9.17) is 11.6 Å². The van der Waals surface area contributed by atoms with E-state index in [1.807, 2.05) is 0 Å². The molecule has 0 aliphatic carbocycles. The predicted molar refractivity (Wildman–Crippen MR) is 70.1 cm³/mol. The van der Waals surface area contributed by atoms with Gasteiger partial charge in [-0.3, -0.25) is 4.79 Å². The number of benzene rings is 1. The van der Waals surface area contributed by atoms with Crippen molar-refractivity contribution in [1.29, 1.82) is 0 Å². The molecule has 7 heteroatoms. The summed E-state index contributed by atoms with van der Waals surface area (Å²) in [4.78, 5) is 10.8. The highest BCUT2D eigenvalue weighted by atomic mass is 35.5. The highest BCUT2D eigenvalue weighted by Gasteiger charge is 2.16. The molecule has 2 N–H and O–H groups in total. The highest BCUT2D eigenvalue weighted by molar-refractivity contribution is 7.89. The SMILES string of the molecule is CC(=O)NCCNS(=O)(=O)c1cc(Cl)ccc1C. The van der Waals surface area contributed by atoms with Gasteiger partial charge in [0.05, 0.1) is 4.90 Å². The van der Waals surface area contributed by atoms with E-state index in [1.54, 1.807) is 19.1 Å². The van der Waals surface area contributed by atoms with Gasteiger partial charge in [-0.05, 0) is 24.6 Å². The summed E-state index contributed by atoms with van der Waals surface area (Å²) in [6.07, 6.45) is 0. The van der Waals surface area contributed by atoms with Crippen LogP contribution >= 0.6 is 11.6 Å². The number of rotatable bonds is 5. The molecule has 0 bridgehead atoms. The van der Waals surface area contributed by atoms with E-state index in [9.17, 15) is 13.2 Å². The molecule has 0 saturated carbocycles. The van der Waals surface area contributed by atoms with Gasteiger partial charge in [0.2, 0.25) is 15.9 Å². The van der Waals surface area contributed by atoms with Gasteiger partial charge in [0.1, 0.15) is 0 Å². The summed E-state index contributed by atoms with van der Waals surface area (Å²) in [7, 11) is -3.60. The Bertz CT molecular complexity index is 543. The number of hydrogen-bond acceptors (Lipinski definition) is 3. The lowest BCUT2D eigenvalue weighted by atomic mass is 10.2. The number of aryl methyl sites for hydroxylation is 1. The number of halogens is 1. The molecule has 0 spiro atoms. The molecule has 18 heavy (non-hydrogen) atoms. The van der Waals surface area contributed by atoms with Gasteiger partial charge in [0.25, 0.3) is 0 Å². The second-order valence-electron chi connectivity index (χ2n) is 3.79. The van der Waals surface area contributed by atoms with Gasteiger partial charge in [-0.15, -0.1) is 0 Å². The molecular formula is C11H15ClN2O3S. The Morgan fingerprint density at radius 3 is 2.61 bits per heavy atom. The van der Waals surface area contributed by atoms with Gasteiger partial charge < -0.3 is 5.32 Å². The van der Waals surface area contributed by atoms with Crippen LogP contribution in [0.1, 0.15) is 12.5 Å². The summed E-state index contributed by atoms with van der Waals surface area (Å²) >= 11 is 5.78. The molecule has 0 saturated heterocycles. The molecule has 1 aromatic carbocycles. The Hall–Kier alpha value is -1.11. The third-order valence-electron chi connectivity index (χ3n) is 2.23. The van der Waals surface area contributed by atoms with E-state index in [1.165, 1.54) is 13.0 Å². The minimum Gasteiger partial charge on any atom is -0.355 e. The quantitative estimate of drug-likeness (QED) is 0.796. The van der Waals surface area contributed by atoms with E-state index < -0.39 is 10.0 Å². The van der Waals surface area contributed by atoms with E-state index in [2.05, 4.69) is 10.0 Å². The monoisotopic (exact) mass is 290 g/mol. The molecule has 1 amide bonds. The lowest BCUT2D eigenvalue weighted by Gasteiger charge is -2.09. The van der Waals surface area contributed by atoms with Crippen LogP contribution in [-0.2, 0) is 14.8 Å². The minimum absolute atomic E-state index is 0.133. The first-order valence-corrected chi connectivity index (χ1v) is 7.19. The first-order valence-electron chi connectivity index (χ1n) is 5.33. The van der Waals surface area contributed by atoms with Crippen LogP contribution in [0, 0.1) is 6.92 Å². The molecule has 1 aromatic rings. The molecule has 5 nitrogen and oxygen atoms in total. The summed E-state index contributed by atoms with van der Waals surface area (Å²) in [5.74, 6) is -0.201. The Morgan fingerprint density at radius 2 is 2.00 bits per heavy atom. The van der Waals surface area contributed by atoms with Crippen molar-refractivity contribution in [2.75, 3.05) is 13.1 Å². The van der Waals surface area contributed by atoms with Crippen molar-refractivity contribution in [3.63, 3.8) is 0 Å². The summed E-state index contributed by atoms with van der Waals surface area (Å²) in [6.45, 7) is 3.44. The van der Waals surface area contributed by atoms with Gasteiger partial charge in [0, 0.05) is 25.0 Å². The number of carbonyl (C=O) groups excluding carboxylic acids is 1. The van der Waals surface area contributed by atoms with Crippen LogP contribution in [0.2, 0.25) is 5.02 Å². The average molecular weight is 291 g/mol. The fourth-order valence-corrected chi connectivity index (χ4v) is 2.90. The summed E-state index contributed by atoms with van der Waals surface area (Å²) < 4.78 is 26.3. The second-order valence-corrected chi connectivity index (χ2v) is 5.96. The highest BCUT2D eigenvalue weighted by Crippen LogP contribution is 2.19. The van der Waals surface area contributed by atoms with Crippen molar-refractivity contribution in [1.82, 2.24) is 10.0 Å². The molecule has 0 heterocycles. The summed E-state index contributed by atoms with van der Waals surface area (Å²) in [5, 5.41) is 2.87. The third kappa shape index (κ3) is 4.29. The van der Waals surface area contributed by atoms with E-state index in [0.29, 0.717) is 10.6 Å². The molecule has 100 valence electrons. The Morgan fingerprint density at radius 1 is 1.33 bits per heavy atom. The van der Waals surface area contributed by atoms with Crippen LogP contribution < -0.4 is 10.0 Å². The molecule has 0 aliphatic rings. The van der Waals surface area contributed by atoms with Crippen LogP contribution in [0.5, 0.6) is 0 Å². The van der Waals surface area contributed by atoms with Crippen LogP contribution in [0.25, 0.3) is 0 Å². The molecule has 1 rings (SSSR count). The maximum absolute atomic E-state index is 12.0. The summed E-state index contributed by atoms with van der Waals surface area (Å²) in [6, 6.07) is 4.68. The molecule has 0 radical (unpaired) electrons. The van der Waals surface area contributed by atoms with Crippen molar-refractivity contribution < 1.29 is 13.2 Å². The first-order chi connectivity index (χ1) is 8.33. The second kappa shape index (κ2) is 6.17. The lowest BCUT2D eigenvalue weighted by Crippen LogP contribution is -2.33. The van der Waals surface area contributed by atoms with Crippen LogP contribution in [-0.4, -0.2) is 27.4 Å². The maximum atomic E-state index is 12.0. The van der Waals surface area contributed by atoms with E-state index >= 15 is 0 Å².